The Hall–Kier alpha value is -1.10. The SMILES string of the molecule is COc1ccc(COC[C@H](O)C[NH2+][C@H](C)CCCC(C)C)cc1. The number of quaternary nitrogens is 1. The molecule has 0 aliphatic heterocycles. The lowest BCUT2D eigenvalue weighted by Crippen LogP contribution is -2.91. The van der Waals surface area contributed by atoms with Crippen LogP contribution in [-0.4, -0.2) is 37.5 Å². The van der Waals surface area contributed by atoms with Gasteiger partial charge in [0.05, 0.1) is 26.4 Å². The van der Waals surface area contributed by atoms with Crippen LogP contribution in [0.25, 0.3) is 0 Å². The van der Waals surface area contributed by atoms with Gasteiger partial charge in [-0.2, -0.15) is 0 Å². The number of hydrogen-bond acceptors (Lipinski definition) is 3. The van der Waals surface area contributed by atoms with Gasteiger partial charge in [0.25, 0.3) is 0 Å². The maximum absolute atomic E-state index is 10.00. The largest absolute Gasteiger partial charge is 0.497 e. The smallest absolute Gasteiger partial charge is 0.126 e. The summed E-state index contributed by atoms with van der Waals surface area (Å²) in [7, 11) is 1.65. The Morgan fingerprint density at radius 1 is 1.09 bits per heavy atom. The quantitative estimate of drug-likeness (QED) is 0.620. The van der Waals surface area contributed by atoms with Crippen LogP contribution in [-0.2, 0) is 11.3 Å². The highest BCUT2D eigenvalue weighted by atomic mass is 16.5. The Labute approximate surface area is 141 Å². The van der Waals surface area contributed by atoms with Gasteiger partial charge in [-0.1, -0.05) is 32.4 Å². The average molecular weight is 324 g/mol. The van der Waals surface area contributed by atoms with Crippen molar-refractivity contribution < 1.29 is 19.9 Å². The number of ether oxygens (including phenoxy) is 2. The molecule has 0 unspecified atom stereocenters. The summed E-state index contributed by atoms with van der Waals surface area (Å²) in [6, 6.07) is 8.36. The third kappa shape index (κ3) is 9.59. The Morgan fingerprint density at radius 3 is 2.39 bits per heavy atom. The number of aliphatic hydroxyl groups excluding tert-OH is 1. The first-order valence-corrected chi connectivity index (χ1v) is 8.73. The summed E-state index contributed by atoms with van der Waals surface area (Å²) in [5, 5.41) is 12.2. The third-order valence-electron chi connectivity index (χ3n) is 3.99. The molecule has 0 aliphatic rings. The minimum Gasteiger partial charge on any atom is -0.497 e. The maximum Gasteiger partial charge on any atom is 0.126 e. The normalized spacial score (nSPS) is 14.0. The van der Waals surface area contributed by atoms with E-state index in [4.69, 9.17) is 9.47 Å². The summed E-state index contributed by atoms with van der Waals surface area (Å²) in [5.41, 5.74) is 1.09. The van der Waals surface area contributed by atoms with Crippen LogP contribution in [0.2, 0.25) is 0 Å². The lowest BCUT2D eigenvalue weighted by Gasteiger charge is -2.15. The molecule has 23 heavy (non-hydrogen) atoms. The van der Waals surface area contributed by atoms with Crippen LogP contribution in [0.15, 0.2) is 24.3 Å². The van der Waals surface area contributed by atoms with Gasteiger partial charge in [-0.15, -0.1) is 0 Å². The van der Waals surface area contributed by atoms with E-state index in [0.29, 0.717) is 25.8 Å². The van der Waals surface area contributed by atoms with Crippen molar-refractivity contribution in [1.82, 2.24) is 0 Å². The summed E-state index contributed by atoms with van der Waals surface area (Å²) in [4.78, 5) is 0. The summed E-state index contributed by atoms with van der Waals surface area (Å²) in [6.07, 6.45) is 3.34. The first-order valence-electron chi connectivity index (χ1n) is 8.73. The second-order valence-electron chi connectivity index (χ2n) is 6.79. The molecule has 132 valence electrons. The van der Waals surface area contributed by atoms with Crippen molar-refractivity contribution >= 4 is 0 Å². The van der Waals surface area contributed by atoms with Crippen LogP contribution >= 0.6 is 0 Å². The van der Waals surface area contributed by atoms with E-state index in [9.17, 15) is 5.11 Å². The Kier molecular flexibility index (Phi) is 9.92. The maximum atomic E-state index is 10.00. The van der Waals surface area contributed by atoms with Crippen LogP contribution in [0.5, 0.6) is 5.75 Å². The molecule has 0 heterocycles. The van der Waals surface area contributed by atoms with Crippen molar-refractivity contribution in [3.05, 3.63) is 29.8 Å². The van der Waals surface area contributed by atoms with E-state index in [1.54, 1.807) is 7.11 Å². The predicted octanol–water partition coefficient (Wildman–Crippen LogP) is 2.35. The molecule has 1 rings (SSSR count). The molecule has 0 bridgehead atoms. The molecule has 0 spiro atoms. The van der Waals surface area contributed by atoms with Gasteiger partial charge in [0.2, 0.25) is 0 Å². The molecule has 1 aromatic rings. The lowest BCUT2D eigenvalue weighted by molar-refractivity contribution is -0.692. The molecule has 0 radical (unpaired) electrons. The van der Waals surface area contributed by atoms with Crippen molar-refractivity contribution in [3.8, 4) is 5.75 Å². The fraction of sp³-hybridized carbons (Fsp3) is 0.684. The number of methoxy groups -OCH3 is 1. The number of hydrogen-bond donors (Lipinski definition) is 2. The Bertz CT molecular complexity index is 406. The van der Waals surface area contributed by atoms with Crippen molar-refractivity contribution in [2.24, 2.45) is 5.92 Å². The van der Waals surface area contributed by atoms with E-state index >= 15 is 0 Å². The minimum absolute atomic E-state index is 0.376. The van der Waals surface area contributed by atoms with Gasteiger partial charge >= 0.3 is 0 Å². The van der Waals surface area contributed by atoms with Crippen molar-refractivity contribution in [3.63, 3.8) is 0 Å². The van der Waals surface area contributed by atoms with E-state index in [1.165, 1.54) is 19.3 Å². The first-order chi connectivity index (χ1) is 11.0. The molecular weight excluding hydrogens is 290 g/mol. The van der Waals surface area contributed by atoms with E-state index in [0.717, 1.165) is 17.2 Å². The van der Waals surface area contributed by atoms with Gasteiger partial charge in [0.15, 0.2) is 0 Å². The fourth-order valence-corrected chi connectivity index (χ4v) is 2.46. The highest BCUT2D eigenvalue weighted by molar-refractivity contribution is 5.26. The van der Waals surface area contributed by atoms with Crippen molar-refractivity contribution in [2.45, 2.75) is 58.8 Å². The molecule has 2 atom stereocenters. The topological polar surface area (TPSA) is 55.3 Å². The molecule has 0 saturated heterocycles. The van der Waals surface area contributed by atoms with E-state index in [-0.39, 0.29) is 0 Å². The van der Waals surface area contributed by atoms with Crippen molar-refractivity contribution in [2.75, 3.05) is 20.3 Å². The molecule has 4 nitrogen and oxygen atoms in total. The predicted molar refractivity (Wildman–Crippen MR) is 93.6 cm³/mol. The minimum atomic E-state index is -0.416. The monoisotopic (exact) mass is 324 g/mol. The molecule has 3 N–H and O–H groups in total. The van der Waals surface area contributed by atoms with Gasteiger partial charge in [0.1, 0.15) is 18.4 Å². The third-order valence-corrected chi connectivity index (χ3v) is 3.99. The van der Waals surface area contributed by atoms with Crippen LogP contribution in [0, 0.1) is 5.92 Å². The highest BCUT2D eigenvalue weighted by Gasteiger charge is 2.11. The van der Waals surface area contributed by atoms with Crippen molar-refractivity contribution in [1.29, 1.82) is 0 Å². The van der Waals surface area contributed by atoms with Gasteiger partial charge < -0.3 is 19.9 Å². The van der Waals surface area contributed by atoms with Crippen LogP contribution in [0.3, 0.4) is 0 Å². The Balaban J connectivity index is 2.10. The zero-order valence-electron chi connectivity index (χ0n) is 15.1. The molecule has 0 saturated carbocycles. The highest BCUT2D eigenvalue weighted by Crippen LogP contribution is 2.12. The van der Waals surface area contributed by atoms with Gasteiger partial charge in [-0.05, 0) is 43.4 Å². The second-order valence-corrected chi connectivity index (χ2v) is 6.79. The Morgan fingerprint density at radius 2 is 1.78 bits per heavy atom. The van der Waals surface area contributed by atoms with Crippen LogP contribution in [0.1, 0.15) is 45.6 Å². The van der Waals surface area contributed by atoms with E-state index in [2.05, 4.69) is 26.1 Å². The number of aliphatic hydroxyl groups is 1. The van der Waals surface area contributed by atoms with Crippen LogP contribution < -0.4 is 10.1 Å². The van der Waals surface area contributed by atoms with Crippen LogP contribution in [0.4, 0.5) is 0 Å². The summed E-state index contributed by atoms with van der Waals surface area (Å²) < 4.78 is 10.7. The molecule has 4 heteroatoms. The number of nitrogens with two attached hydrogens (primary N) is 1. The molecule has 0 amide bonds. The summed E-state index contributed by atoms with van der Waals surface area (Å²) in [5.74, 6) is 1.62. The molecule has 0 aliphatic carbocycles. The van der Waals surface area contributed by atoms with E-state index < -0.39 is 6.10 Å². The molecular formula is C19H34NO3+. The van der Waals surface area contributed by atoms with Gasteiger partial charge in [0, 0.05) is 0 Å². The van der Waals surface area contributed by atoms with Gasteiger partial charge in [-0.3, -0.25) is 0 Å². The standard InChI is InChI=1S/C19H33NO3/c1-15(2)6-5-7-16(3)20-12-18(21)14-23-13-17-8-10-19(22-4)11-9-17/h8-11,15-16,18,20-21H,5-7,12-14H2,1-4H3/p+1/t16-,18-/m1/s1. The van der Waals surface area contributed by atoms with E-state index in [1.807, 2.05) is 24.3 Å². The first kappa shape index (κ1) is 19.9. The average Bonchev–Trinajstić information content (AvgIpc) is 2.53. The summed E-state index contributed by atoms with van der Waals surface area (Å²) >= 11 is 0. The number of benzene rings is 1. The zero-order valence-corrected chi connectivity index (χ0v) is 15.1. The zero-order chi connectivity index (χ0) is 17.1. The molecule has 0 fully saturated rings. The van der Waals surface area contributed by atoms with Gasteiger partial charge in [-0.25, -0.2) is 0 Å². The summed E-state index contributed by atoms with van der Waals surface area (Å²) in [6.45, 7) is 8.35. The lowest BCUT2D eigenvalue weighted by atomic mass is 10.0. The fourth-order valence-electron chi connectivity index (χ4n) is 2.46. The second kappa shape index (κ2) is 11.4. The number of rotatable bonds is 12. The molecule has 1 aromatic carbocycles. The molecule has 0 aromatic heterocycles.